The van der Waals surface area contributed by atoms with Crippen LogP contribution in [0.5, 0.6) is 0 Å². The topological polar surface area (TPSA) is 57.0 Å². The molecule has 0 radical (unpaired) electrons. The molecule has 0 aliphatic heterocycles. The number of hydrogen-bond acceptors (Lipinski definition) is 4. The third-order valence-electron chi connectivity index (χ3n) is 13.6. The van der Waals surface area contributed by atoms with E-state index < -0.39 is 0 Å². The first kappa shape index (κ1) is 38.9. The van der Waals surface area contributed by atoms with E-state index in [0.717, 1.165) is 99.9 Å². The highest BCUT2D eigenvalue weighted by molar-refractivity contribution is 6.14. The van der Waals surface area contributed by atoms with Crippen LogP contribution >= 0.6 is 0 Å². The van der Waals surface area contributed by atoms with E-state index in [0.29, 0.717) is 5.82 Å². The number of benzene rings is 10. The fraction of sp³-hybridized carbons (Fsp3) is 0. The van der Waals surface area contributed by atoms with Gasteiger partial charge < -0.3 is 13.4 Å². The molecule has 0 amide bonds. The summed E-state index contributed by atoms with van der Waals surface area (Å²) in [6.07, 6.45) is 0. The average Bonchev–Trinajstić information content (AvgIpc) is 4.10. The van der Waals surface area contributed by atoms with Gasteiger partial charge in [0.1, 0.15) is 22.3 Å². The van der Waals surface area contributed by atoms with E-state index in [1.165, 1.54) is 32.9 Å². The molecule has 4 aromatic heterocycles. The second-order valence-corrected chi connectivity index (χ2v) is 17.7. The highest BCUT2D eigenvalue weighted by Crippen LogP contribution is 2.41. The van der Waals surface area contributed by atoms with E-state index in [4.69, 9.17) is 18.8 Å². The van der Waals surface area contributed by atoms with Gasteiger partial charge in [0.15, 0.2) is 5.82 Å². The number of fused-ring (bicyclic) bond motifs is 9. The van der Waals surface area contributed by atoms with E-state index in [2.05, 4.69) is 193 Å². The number of hydrogen-bond donors (Lipinski definition) is 0. The summed E-state index contributed by atoms with van der Waals surface area (Å²) in [5.41, 5.74) is 18.2. The van der Waals surface area contributed by atoms with Crippen LogP contribution in [-0.2, 0) is 0 Å². The number of nitrogens with zero attached hydrogens (tertiary/aromatic N) is 3. The molecule has 5 nitrogen and oxygen atoms in total. The lowest BCUT2D eigenvalue weighted by molar-refractivity contribution is 0.668. The van der Waals surface area contributed by atoms with Crippen molar-refractivity contribution in [2.75, 3.05) is 0 Å². The molecular weight excluding hydrogens is 843 g/mol. The van der Waals surface area contributed by atoms with Gasteiger partial charge in [-0.25, -0.2) is 9.97 Å². The molecule has 10 aromatic carbocycles. The fourth-order valence-electron chi connectivity index (χ4n) is 10.3. The van der Waals surface area contributed by atoms with Gasteiger partial charge in [0, 0.05) is 54.7 Å². The third-order valence-corrected chi connectivity index (χ3v) is 13.6. The maximum absolute atomic E-state index is 6.58. The molecule has 0 bridgehead atoms. The van der Waals surface area contributed by atoms with Crippen LogP contribution in [0.1, 0.15) is 0 Å². The smallest absolute Gasteiger partial charge is 0.160 e. The predicted molar refractivity (Wildman–Crippen MR) is 284 cm³/mol. The molecule has 5 heteroatoms. The second-order valence-electron chi connectivity index (χ2n) is 17.7. The number of furan rings is 2. The SMILES string of the molecule is c1ccc(-c2nc(-c3ccc4c(c3)oc3ccccc34)cc(-c3cccc4oc5ccc(-c6cccc(-c7cccc(-c8ccc9c(c8)c8ccccc8n9-c8ccccc8)c7)c6)cc5c34)n2)cc1. The first-order valence-corrected chi connectivity index (χ1v) is 23.3. The summed E-state index contributed by atoms with van der Waals surface area (Å²) in [7, 11) is 0. The van der Waals surface area contributed by atoms with Crippen molar-refractivity contribution in [1.82, 2.24) is 14.5 Å². The Hall–Kier alpha value is -9.32. The molecule has 0 saturated carbocycles. The highest BCUT2D eigenvalue weighted by Gasteiger charge is 2.19. The van der Waals surface area contributed by atoms with Crippen LogP contribution in [-0.4, -0.2) is 14.5 Å². The van der Waals surface area contributed by atoms with Crippen molar-refractivity contribution in [3.63, 3.8) is 0 Å². The van der Waals surface area contributed by atoms with Gasteiger partial charge in [0.2, 0.25) is 0 Å². The van der Waals surface area contributed by atoms with Crippen LogP contribution in [0.25, 0.3) is 139 Å². The van der Waals surface area contributed by atoms with Gasteiger partial charge in [-0.15, -0.1) is 0 Å². The number of aromatic nitrogens is 3. The molecule has 69 heavy (non-hydrogen) atoms. The predicted octanol–water partition coefficient (Wildman–Crippen LogP) is 17.4. The van der Waals surface area contributed by atoms with E-state index in [9.17, 15) is 0 Å². The Balaban J connectivity index is 0.849. The average molecular weight is 882 g/mol. The second kappa shape index (κ2) is 15.7. The Kier molecular flexibility index (Phi) is 8.83. The summed E-state index contributed by atoms with van der Waals surface area (Å²) in [5.74, 6) is 0.649. The van der Waals surface area contributed by atoms with Crippen molar-refractivity contribution in [2.45, 2.75) is 0 Å². The quantitative estimate of drug-likeness (QED) is 0.160. The Morgan fingerprint density at radius 1 is 0.290 bits per heavy atom. The third kappa shape index (κ3) is 6.55. The normalized spacial score (nSPS) is 11.8. The first-order chi connectivity index (χ1) is 34.2. The van der Waals surface area contributed by atoms with Crippen molar-refractivity contribution in [2.24, 2.45) is 0 Å². The van der Waals surface area contributed by atoms with Gasteiger partial charge in [-0.3, -0.25) is 0 Å². The van der Waals surface area contributed by atoms with Gasteiger partial charge >= 0.3 is 0 Å². The van der Waals surface area contributed by atoms with Crippen LogP contribution in [0.15, 0.2) is 245 Å². The maximum atomic E-state index is 6.58. The van der Waals surface area contributed by atoms with Crippen LogP contribution in [0, 0.1) is 0 Å². The van der Waals surface area contributed by atoms with Crippen LogP contribution < -0.4 is 0 Å². The molecule has 0 aliphatic carbocycles. The summed E-state index contributed by atoms with van der Waals surface area (Å²) in [4.78, 5) is 10.4. The Morgan fingerprint density at radius 2 is 0.826 bits per heavy atom. The fourth-order valence-corrected chi connectivity index (χ4v) is 10.3. The standard InChI is InChI=1S/C64H39N3O2/c1-3-14-40(15-4-1)64-65-55(47-28-31-51-50-23-8-10-26-59(50)69-62(51)38-47)39-56(66-64)52-24-13-27-61-63(52)54-37-46(30-33-60(54)68-61)44-19-12-17-42(35-44)41-16-11-18-43(34-41)45-29-32-58-53(36-45)49-22-7-9-25-57(49)67(58)48-20-5-2-6-21-48/h1-39H. The first-order valence-electron chi connectivity index (χ1n) is 23.3. The molecule has 0 spiro atoms. The molecule has 4 heterocycles. The Labute approximate surface area is 396 Å². The van der Waals surface area contributed by atoms with Crippen molar-refractivity contribution in [3.8, 4) is 73.0 Å². The minimum absolute atomic E-state index is 0.649. The van der Waals surface area contributed by atoms with Crippen molar-refractivity contribution >= 4 is 65.7 Å². The summed E-state index contributed by atoms with van der Waals surface area (Å²) < 4.78 is 15.3. The molecule has 0 unspecified atom stereocenters. The van der Waals surface area contributed by atoms with Gasteiger partial charge in [-0.1, -0.05) is 152 Å². The van der Waals surface area contributed by atoms with Gasteiger partial charge in [0.25, 0.3) is 0 Å². The van der Waals surface area contributed by atoms with E-state index in [1.54, 1.807) is 0 Å². The largest absolute Gasteiger partial charge is 0.456 e. The molecule has 0 N–H and O–H groups in total. The summed E-state index contributed by atoms with van der Waals surface area (Å²) in [6, 6.07) is 83.4. The molecule has 0 atom stereocenters. The van der Waals surface area contributed by atoms with Crippen LogP contribution in [0.3, 0.4) is 0 Å². The zero-order valence-corrected chi connectivity index (χ0v) is 37.2. The van der Waals surface area contributed by atoms with Crippen molar-refractivity contribution < 1.29 is 8.83 Å². The minimum atomic E-state index is 0.649. The van der Waals surface area contributed by atoms with Crippen LogP contribution in [0.4, 0.5) is 0 Å². The molecule has 14 aromatic rings. The van der Waals surface area contributed by atoms with E-state index in [1.807, 2.05) is 48.5 Å². The molecule has 322 valence electrons. The maximum Gasteiger partial charge on any atom is 0.160 e. The lowest BCUT2D eigenvalue weighted by atomic mass is 9.95. The van der Waals surface area contributed by atoms with E-state index >= 15 is 0 Å². The summed E-state index contributed by atoms with van der Waals surface area (Å²) >= 11 is 0. The van der Waals surface area contributed by atoms with Gasteiger partial charge in [-0.05, 0) is 118 Å². The minimum Gasteiger partial charge on any atom is -0.456 e. The Morgan fingerprint density at radius 3 is 1.61 bits per heavy atom. The van der Waals surface area contributed by atoms with Gasteiger partial charge in [0.05, 0.1) is 22.4 Å². The van der Waals surface area contributed by atoms with Crippen molar-refractivity contribution in [3.05, 3.63) is 237 Å². The number of rotatable bonds is 7. The van der Waals surface area contributed by atoms with Crippen LogP contribution in [0.2, 0.25) is 0 Å². The zero-order valence-electron chi connectivity index (χ0n) is 37.2. The molecule has 0 aliphatic rings. The molecule has 0 fully saturated rings. The Bertz CT molecular complexity index is 4310. The van der Waals surface area contributed by atoms with Gasteiger partial charge in [-0.2, -0.15) is 0 Å². The monoisotopic (exact) mass is 881 g/mol. The van der Waals surface area contributed by atoms with E-state index in [-0.39, 0.29) is 0 Å². The summed E-state index contributed by atoms with van der Waals surface area (Å²) in [5, 5.41) is 6.70. The summed E-state index contributed by atoms with van der Waals surface area (Å²) in [6.45, 7) is 0. The number of para-hydroxylation sites is 3. The molecule has 0 saturated heterocycles. The molecule has 14 rings (SSSR count). The lowest BCUT2D eigenvalue weighted by Gasteiger charge is -2.11. The van der Waals surface area contributed by atoms with Crippen molar-refractivity contribution in [1.29, 1.82) is 0 Å². The molecular formula is C64H39N3O2. The lowest BCUT2D eigenvalue weighted by Crippen LogP contribution is -1.96. The highest BCUT2D eigenvalue weighted by atomic mass is 16.3. The zero-order chi connectivity index (χ0) is 45.4.